The first-order chi connectivity index (χ1) is 6.86. The maximum absolute atomic E-state index is 10.2. The molecule has 0 amide bonds. The molecule has 0 heterocycles. The van der Waals surface area contributed by atoms with Crippen molar-refractivity contribution in [3.63, 3.8) is 0 Å². The minimum atomic E-state index is 0.329. The summed E-state index contributed by atoms with van der Waals surface area (Å²) in [6, 6.07) is 7.54. The molecule has 0 unspecified atom stereocenters. The van der Waals surface area contributed by atoms with Crippen molar-refractivity contribution in [2.45, 2.75) is 12.8 Å². The Kier molecular flexibility index (Phi) is 5.30. The lowest BCUT2D eigenvalue weighted by molar-refractivity contribution is 0.319. The molecule has 0 saturated heterocycles. The Bertz CT molecular complexity index is 286. The van der Waals surface area contributed by atoms with Crippen molar-refractivity contribution in [1.82, 2.24) is 0 Å². The standard InChI is InChI=1S/C11H12BrO2/c12-6-2-8-14-11-4-1-3-10(9-11)5-7-13/h1,3-4,9H,2,5-6,8H2. The quantitative estimate of drug-likeness (QED) is 0.577. The van der Waals surface area contributed by atoms with Crippen LogP contribution in [0.1, 0.15) is 12.0 Å². The molecule has 0 saturated carbocycles. The Morgan fingerprint density at radius 1 is 1.43 bits per heavy atom. The first kappa shape index (κ1) is 11.2. The smallest absolute Gasteiger partial charge is 0.203 e. The molecule has 0 spiro atoms. The van der Waals surface area contributed by atoms with Crippen LogP contribution in [-0.4, -0.2) is 18.2 Å². The summed E-state index contributed by atoms with van der Waals surface area (Å²) in [6.07, 6.45) is 3.17. The maximum Gasteiger partial charge on any atom is 0.203 e. The molecule has 0 aliphatic rings. The molecule has 0 aromatic heterocycles. The highest BCUT2D eigenvalue weighted by Crippen LogP contribution is 2.13. The number of halogens is 1. The number of hydrogen-bond acceptors (Lipinski definition) is 2. The van der Waals surface area contributed by atoms with Crippen molar-refractivity contribution >= 4 is 22.2 Å². The Labute approximate surface area is 92.4 Å². The zero-order chi connectivity index (χ0) is 10.2. The summed E-state index contributed by atoms with van der Waals surface area (Å²) >= 11 is 3.33. The number of ether oxygens (including phenoxy) is 1. The summed E-state index contributed by atoms with van der Waals surface area (Å²) in [5, 5.41) is 0.939. The van der Waals surface area contributed by atoms with Crippen LogP contribution >= 0.6 is 15.9 Å². The fraction of sp³-hybridized carbons (Fsp3) is 0.364. The van der Waals surface area contributed by atoms with Crippen molar-refractivity contribution in [2.75, 3.05) is 11.9 Å². The van der Waals surface area contributed by atoms with Gasteiger partial charge < -0.3 is 4.74 Å². The largest absolute Gasteiger partial charge is 0.494 e. The lowest BCUT2D eigenvalue weighted by Crippen LogP contribution is -1.98. The second kappa shape index (κ2) is 6.60. The van der Waals surface area contributed by atoms with E-state index in [2.05, 4.69) is 15.9 Å². The fourth-order valence-corrected chi connectivity index (χ4v) is 1.30. The summed E-state index contributed by atoms with van der Waals surface area (Å²) < 4.78 is 5.47. The monoisotopic (exact) mass is 255 g/mol. The van der Waals surface area contributed by atoms with Gasteiger partial charge in [0.05, 0.1) is 6.61 Å². The van der Waals surface area contributed by atoms with E-state index in [1.54, 1.807) is 0 Å². The molecule has 0 fully saturated rings. The normalized spacial score (nSPS) is 9.79. The molecule has 14 heavy (non-hydrogen) atoms. The van der Waals surface area contributed by atoms with E-state index in [9.17, 15) is 4.79 Å². The number of hydrogen-bond donors (Lipinski definition) is 0. The molecule has 1 radical (unpaired) electrons. The van der Waals surface area contributed by atoms with Crippen molar-refractivity contribution in [3.8, 4) is 5.75 Å². The topological polar surface area (TPSA) is 26.3 Å². The fourth-order valence-electron chi connectivity index (χ4n) is 1.07. The van der Waals surface area contributed by atoms with E-state index >= 15 is 0 Å². The van der Waals surface area contributed by atoms with Crippen LogP contribution in [0.5, 0.6) is 5.75 Å². The zero-order valence-electron chi connectivity index (χ0n) is 7.83. The van der Waals surface area contributed by atoms with Gasteiger partial charge in [0.2, 0.25) is 6.29 Å². The van der Waals surface area contributed by atoms with Crippen molar-refractivity contribution in [2.24, 2.45) is 0 Å². The molecule has 1 aromatic rings. The minimum absolute atomic E-state index is 0.329. The van der Waals surface area contributed by atoms with Gasteiger partial charge in [-0.25, -0.2) is 0 Å². The highest BCUT2D eigenvalue weighted by molar-refractivity contribution is 9.09. The van der Waals surface area contributed by atoms with Gasteiger partial charge in [-0.1, -0.05) is 28.1 Å². The van der Waals surface area contributed by atoms with Gasteiger partial charge in [0, 0.05) is 11.8 Å². The summed E-state index contributed by atoms with van der Waals surface area (Å²) in [5.41, 5.74) is 0.941. The van der Waals surface area contributed by atoms with E-state index in [-0.39, 0.29) is 0 Å². The van der Waals surface area contributed by atoms with Crippen molar-refractivity contribution in [1.29, 1.82) is 0 Å². The van der Waals surface area contributed by atoms with E-state index in [0.29, 0.717) is 13.0 Å². The van der Waals surface area contributed by atoms with Crippen LogP contribution in [0.15, 0.2) is 24.3 Å². The summed E-state index contributed by atoms with van der Waals surface area (Å²) in [4.78, 5) is 10.2. The third-order valence-electron chi connectivity index (χ3n) is 1.72. The molecular weight excluding hydrogens is 244 g/mol. The molecule has 0 aliphatic heterocycles. The van der Waals surface area contributed by atoms with Gasteiger partial charge in [-0.05, 0) is 24.1 Å². The second-order valence-electron chi connectivity index (χ2n) is 2.86. The van der Waals surface area contributed by atoms with E-state index in [4.69, 9.17) is 4.74 Å². The van der Waals surface area contributed by atoms with E-state index in [1.807, 2.05) is 30.6 Å². The van der Waals surface area contributed by atoms with Gasteiger partial charge in [-0.3, -0.25) is 4.79 Å². The van der Waals surface area contributed by atoms with Gasteiger partial charge in [0.15, 0.2) is 0 Å². The van der Waals surface area contributed by atoms with E-state index in [0.717, 1.165) is 23.1 Å². The Morgan fingerprint density at radius 3 is 3.00 bits per heavy atom. The molecule has 0 atom stereocenters. The van der Waals surface area contributed by atoms with E-state index < -0.39 is 0 Å². The predicted molar refractivity (Wildman–Crippen MR) is 59.7 cm³/mol. The number of rotatable bonds is 6. The Balaban J connectivity index is 2.50. The minimum Gasteiger partial charge on any atom is -0.494 e. The molecular formula is C11H12BrO2. The van der Waals surface area contributed by atoms with Gasteiger partial charge >= 0.3 is 0 Å². The van der Waals surface area contributed by atoms with Gasteiger partial charge in [-0.2, -0.15) is 0 Å². The first-order valence-corrected chi connectivity index (χ1v) is 5.61. The molecule has 1 aromatic carbocycles. The highest BCUT2D eigenvalue weighted by Gasteiger charge is 1.96. The lowest BCUT2D eigenvalue weighted by Gasteiger charge is -2.05. The molecule has 0 aliphatic carbocycles. The molecule has 0 bridgehead atoms. The average molecular weight is 256 g/mol. The summed E-state index contributed by atoms with van der Waals surface area (Å²) in [6.45, 7) is 0.694. The average Bonchev–Trinajstić information content (AvgIpc) is 2.19. The van der Waals surface area contributed by atoms with Crippen LogP contribution in [0.4, 0.5) is 0 Å². The molecule has 2 nitrogen and oxygen atoms in total. The third kappa shape index (κ3) is 3.92. The molecule has 0 N–H and O–H groups in total. The number of carbonyl (C=O) groups excluding carboxylic acids is 1. The molecule has 75 valence electrons. The second-order valence-corrected chi connectivity index (χ2v) is 3.65. The Morgan fingerprint density at radius 2 is 2.29 bits per heavy atom. The van der Waals surface area contributed by atoms with Crippen LogP contribution in [0.25, 0.3) is 0 Å². The van der Waals surface area contributed by atoms with E-state index in [1.165, 1.54) is 0 Å². The predicted octanol–water partition coefficient (Wildman–Crippen LogP) is 2.50. The van der Waals surface area contributed by atoms with Crippen LogP contribution in [-0.2, 0) is 11.2 Å². The van der Waals surface area contributed by atoms with Crippen molar-refractivity contribution in [3.05, 3.63) is 29.8 Å². The third-order valence-corrected chi connectivity index (χ3v) is 2.28. The first-order valence-electron chi connectivity index (χ1n) is 4.49. The number of alkyl halides is 1. The van der Waals surface area contributed by atoms with Crippen LogP contribution in [0.2, 0.25) is 0 Å². The van der Waals surface area contributed by atoms with Gasteiger partial charge in [0.1, 0.15) is 5.75 Å². The molecule has 3 heteroatoms. The number of benzene rings is 1. The SMILES string of the molecule is O=[C]Cc1cccc(OCCCBr)c1. The van der Waals surface area contributed by atoms with Crippen molar-refractivity contribution < 1.29 is 9.53 Å². The Hall–Kier alpha value is -0.830. The van der Waals surface area contributed by atoms with Crippen LogP contribution < -0.4 is 4.74 Å². The maximum atomic E-state index is 10.2. The van der Waals surface area contributed by atoms with Gasteiger partial charge in [0.25, 0.3) is 0 Å². The lowest BCUT2D eigenvalue weighted by atomic mass is 10.1. The summed E-state index contributed by atoms with van der Waals surface area (Å²) in [7, 11) is 0. The highest BCUT2D eigenvalue weighted by atomic mass is 79.9. The summed E-state index contributed by atoms with van der Waals surface area (Å²) in [5.74, 6) is 0.818. The van der Waals surface area contributed by atoms with Crippen LogP contribution in [0.3, 0.4) is 0 Å². The zero-order valence-corrected chi connectivity index (χ0v) is 9.42. The van der Waals surface area contributed by atoms with Crippen LogP contribution in [0, 0.1) is 0 Å². The van der Waals surface area contributed by atoms with Gasteiger partial charge in [-0.15, -0.1) is 0 Å². The molecule has 1 rings (SSSR count).